The summed E-state index contributed by atoms with van der Waals surface area (Å²) >= 11 is 6.04. The van der Waals surface area contributed by atoms with Crippen molar-refractivity contribution in [2.45, 2.75) is 20.0 Å². The fourth-order valence-corrected chi connectivity index (χ4v) is 1.99. The molecule has 1 N–H and O–H groups in total. The van der Waals surface area contributed by atoms with Crippen molar-refractivity contribution in [3.8, 4) is 0 Å². The molecular formula is C15H16ClN2O+. The molecule has 1 aromatic heterocycles. The highest BCUT2D eigenvalue weighted by Crippen LogP contribution is 2.14. The molecule has 0 aliphatic rings. The van der Waals surface area contributed by atoms with E-state index in [2.05, 4.69) is 5.32 Å². The number of carbonyl (C=O) groups is 1. The predicted octanol–water partition coefficient (Wildman–Crippen LogP) is 2.25. The Kier molecular flexibility index (Phi) is 4.53. The zero-order valence-corrected chi connectivity index (χ0v) is 11.5. The molecule has 2 rings (SSSR count). The molecule has 19 heavy (non-hydrogen) atoms. The Morgan fingerprint density at radius 1 is 1.21 bits per heavy atom. The molecule has 1 amide bonds. The Bertz CT molecular complexity index is 584. The molecule has 2 aromatic rings. The number of nitrogens with zero attached hydrogens (tertiary/aromatic N) is 1. The van der Waals surface area contributed by atoms with Gasteiger partial charge in [0.15, 0.2) is 11.9 Å². The van der Waals surface area contributed by atoms with Crippen molar-refractivity contribution in [2.24, 2.45) is 0 Å². The summed E-state index contributed by atoms with van der Waals surface area (Å²) in [5.74, 6) is -0.0285. The first-order valence-corrected chi connectivity index (χ1v) is 6.50. The number of rotatable bonds is 4. The van der Waals surface area contributed by atoms with Gasteiger partial charge in [0.1, 0.15) is 0 Å². The normalized spacial score (nSPS) is 10.2. The topological polar surface area (TPSA) is 33.0 Å². The summed E-state index contributed by atoms with van der Waals surface area (Å²) in [5, 5.41) is 3.54. The summed E-state index contributed by atoms with van der Waals surface area (Å²) in [6, 6.07) is 13.3. The van der Waals surface area contributed by atoms with Crippen LogP contribution in [0.3, 0.4) is 0 Å². The number of aryl methyl sites for hydroxylation is 1. The lowest BCUT2D eigenvalue weighted by atomic mass is 10.2. The standard InChI is InChI=1S/C15H15ClN2O/c1-12-6-4-5-9-18(12)11-15(19)17-10-13-7-2-3-8-14(13)16/h2-9H,10-11H2,1H3/p+1. The molecule has 0 unspecified atom stereocenters. The third-order valence-corrected chi connectivity index (χ3v) is 3.28. The fourth-order valence-electron chi connectivity index (χ4n) is 1.79. The molecule has 0 spiro atoms. The monoisotopic (exact) mass is 275 g/mol. The summed E-state index contributed by atoms with van der Waals surface area (Å²) < 4.78 is 1.90. The lowest BCUT2D eigenvalue weighted by molar-refractivity contribution is -0.690. The largest absolute Gasteiger partial charge is 0.346 e. The molecule has 0 bridgehead atoms. The van der Waals surface area contributed by atoms with Crippen LogP contribution in [0.4, 0.5) is 0 Å². The molecule has 0 aliphatic carbocycles. The molecule has 0 fully saturated rings. The van der Waals surface area contributed by atoms with Crippen molar-refractivity contribution >= 4 is 17.5 Å². The van der Waals surface area contributed by atoms with E-state index in [1.165, 1.54) is 0 Å². The summed E-state index contributed by atoms with van der Waals surface area (Å²) in [5.41, 5.74) is 1.97. The van der Waals surface area contributed by atoms with Gasteiger partial charge in [-0.15, -0.1) is 0 Å². The van der Waals surface area contributed by atoms with Crippen molar-refractivity contribution < 1.29 is 9.36 Å². The Labute approximate surface area is 117 Å². The van der Waals surface area contributed by atoms with Crippen molar-refractivity contribution in [3.63, 3.8) is 0 Å². The van der Waals surface area contributed by atoms with Gasteiger partial charge in [0.2, 0.25) is 6.54 Å². The molecule has 4 heteroatoms. The Hall–Kier alpha value is -1.87. The van der Waals surface area contributed by atoms with Crippen LogP contribution >= 0.6 is 11.6 Å². The SMILES string of the molecule is Cc1cccc[n+]1CC(=O)NCc1ccccc1Cl. The quantitative estimate of drug-likeness (QED) is 0.853. The van der Waals surface area contributed by atoms with Gasteiger partial charge in [-0.3, -0.25) is 4.79 Å². The van der Waals surface area contributed by atoms with Gasteiger partial charge in [-0.2, -0.15) is 4.57 Å². The van der Waals surface area contributed by atoms with E-state index in [-0.39, 0.29) is 5.91 Å². The first-order valence-electron chi connectivity index (χ1n) is 6.12. The van der Waals surface area contributed by atoms with E-state index >= 15 is 0 Å². The highest BCUT2D eigenvalue weighted by atomic mass is 35.5. The van der Waals surface area contributed by atoms with Crippen LogP contribution in [-0.4, -0.2) is 5.91 Å². The van der Waals surface area contributed by atoms with E-state index in [1.807, 2.05) is 60.2 Å². The molecule has 0 saturated carbocycles. The molecule has 0 radical (unpaired) electrons. The van der Waals surface area contributed by atoms with Crippen molar-refractivity contribution in [3.05, 3.63) is 64.9 Å². The predicted molar refractivity (Wildman–Crippen MR) is 74.7 cm³/mol. The minimum atomic E-state index is -0.0285. The van der Waals surface area contributed by atoms with Crippen LogP contribution < -0.4 is 9.88 Å². The number of amides is 1. The van der Waals surface area contributed by atoms with Crippen LogP contribution in [-0.2, 0) is 17.9 Å². The average Bonchev–Trinajstić information content (AvgIpc) is 2.40. The first-order chi connectivity index (χ1) is 9.16. The number of pyridine rings is 1. The second-order valence-corrected chi connectivity index (χ2v) is 4.75. The number of hydrogen-bond donors (Lipinski definition) is 1. The van der Waals surface area contributed by atoms with Crippen LogP contribution in [0.5, 0.6) is 0 Å². The number of halogens is 1. The highest BCUT2D eigenvalue weighted by molar-refractivity contribution is 6.31. The maximum absolute atomic E-state index is 11.9. The van der Waals surface area contributed by atoms with Crippen LogP contribution in [0.2, 0.25) is 5.02 Å². The second kappa shape index (κ2) is 6.34. The summed E-state index contributed by atoms with van der Waals surface area (Å²) in [6.07, 6.45) is 1.89. The van der Waals surface area contributed by atoms with E-state index < -0.39 is 0 Å². The molecule has 0 saturated heterocycles. The van der Waals surface area contributed by atoms with Crippen LogP contribution in [0, 0.1) is 6.92 Å². The molecular weight excluding hydrogens is 260 g/mol. The molecule has 1 aromatic carbocycles. The van der Waals surface area contributed by atoms with Crippen molar-refractivity contribution in [1.82, 2.24) is 5.32 Å². The van der Waals surface area contributed by atoms with Crippen LogP contribution in [0.1, 0.15) is 11.3 Å². The van der Waals surface area contributed by atoms with Gasteiger partial charge < -0.3 is 5.32 Å². The van der Waals surface area contributed by atoms with E-state index in [9.17, 15) is 4.79 Å². The Morgan fingerprint density at radius 2 is 1.95 bits per heavy atom. The molecule has 3 nitrogen and oxygen atoms in total. The van der Waals surface area contributed by atoms with Crippen molar-refractivity contribution in [2.75, 3.05) is 0 Å². The first kappa shape index (κ1) is 13.6. The van der Waals surface area contributed by atoms with Gasteiger partial charge >= 0.3 is 0 Å². The Morgan fingerprint density at radius 3 is 2.68 bits per heavy atom. The minimum Gasteiger partial charge on any atom is -0.346 e. The maximum Gasteiger partial charge on any atom is 0.286 e. The minimum absolute atomic E-state index is 0.0285. The number of carbonyl (C=O) groups excluding carboxylic acids is 1. The lowest BCUT2D eigenvalue weighted by Crippen LogP contribution is -2.44. The van der Waals surface area contributed by atoms with E-state index in [1.54, 1.807) is 0 Å². The lowest BCUT2D eigenvalue weighted by Gasteiger charge is -2.05. The van der Waals surface area contributed by atoms with Gasteiger partial charge in [0, 0.05) is 30.6 Å². The van der Waals surface area contributed by atoms with E-state index in [0.29, 0.717) is 18.1 Å². The number of hydrogen-bond acceptors (Lipinski definition) is 1. The maximum atomic E-state index is 11.9. The van der Waals surface area contributed by atoms with Crippen LogP contribution in [0.25, 0.3) is 0 Å². The summed E-state index contributed by atoms with van der Waals surface area (Å²) in [7, 11) is 0. The van der Waals surface area contributed by atoms with Crippen LogP contribution in [0.15, 0.2) is 48.7 Å². The molecule has 0 aliphatic heterocycles. The smallest absolute Gasteiger partial charge is 0.286 e. The van der Waals surface area contributed by atoms with Gasteiger partial charge in [0.05, 0.1) is 0 Å². The fraction of sp³-hybridized carbons (Fsp3) is 0.200. The number of nitrogens with one attached hydrogen (secondary N) is 1. The third kappa shape index (κ3) is 3.80. The average molecular weight is 276 g/mol. The number of aromatic nitrogens is 1. The zero-order valence-electron chi connectivity index (χ0n) is 10.8. The summed E-state index contributed by atoms with van der Waals surface area (Å²) in [4.78, 5) is 11.9. The molecule has 0 atom stereocenters. The van der Waals surface area contributed by atoms with Gasteiger partial charge in [-0.05, 0) is 11.6 Å². The summed E-state index contributed by atoms with van der Waals surface area (Å²) in [6.45, 7) is 2.74. The number of benzene rings is 1. The van der Waals surface area contributed by atoms with E-state index in [4.69, 9.17) is 11.6 Å². The highest BCUT2D eigenvalue weighted by Gasteiger charge is 2.11. The molecule has 98 valence electrons. The third-order valence-electron chi connectivity index (χ3n) is 2.92. The van der Waals surface area contributed by atoms with E-state index in [0.717, 1.165) is 11.3 Å². The zero-order chi connectivity index (χ0) is 13.7. The van der Waals surface area contributed by atoms with Gasteiger partial charge in [-0.1, -0.05) is 35.9 Å². The van der Waals surface area contributed by atoms with Gasteiger partial charge in [-0.25, -0.2) is 0 Å². The molecule has 1 heterocycles. The second-order valence-electron chi connectivity index (χ2n) is 4.34. The van der Waals surface area contributed by atoms with Crippen molar-refractivity contribution in [1.29, 1.82) is 0 Å². The van der Waals surface area contributed by atoms with Gasteiger partial charge in [0.25, 0.3) is 5.91 Å². The Balaban J connectivity index is 1.92.